The molecular formula is C21H26N4O3. The topological polar surface area (TPSA) is 67.8 Å². The van der Waals surface area contributed by atoms with Crippen molar-refractivity contribution in [2.75, 3.05) is 44.3 Å². The van der Waals surface area contributed by atoms with E-state index < -0.39 is 0 Å². The van der Waals surface area contributed by atoms with E-state index in [2.05, 4.69) is 14.9 Å². The molecule has 1 amide bonds. The van der Waals surface area contributed by atoms with Crippen LogP contribution in [0.3, 0.4) is 0 Å². The van der Waals surface area contributed by atoms with Crippen LogP contribution in [-0.2, 0) is 4.79 Å². The van der Waals surface area contributed by atoms with Crippen molar-refractivity contribution in [3.63, 3.8) is 0 Å². The molecule has 1 aliphatic rings. The summed E-state index contributed by atoms with van der Waals surface area (Å²) < 4.78 is 11.2. The van der Waals surface area contributed by atoms with Gasteiger partial charge in [-0.2, -0.15) is 0 Å². The predicted octanol–water partition coefficient (Wildman–Crippen LogP) is 2.64. The molecule has 2 heterocycles. The van der Waals surface area contributed by atoms with Gasteiger partial charge in [0.25, 0.3) is 0 Å². The van der Waals surface area contributed by atoms with E-state index in [1.54, 1.807) is 24.5 Å². The smallest absolute Gasteiger partial charge is 0.246 e. The Morgan fingerprint density at radius 3 is 2.39 bits per heavy atom. The number of hydrogen-bond donors (Lipinski definition) is 0. The lowest BCUT2D eigenvalue weighted by atomic mass is 10.2. The molecule has 0 atom stereocenters. The van der Waals surface area contributed by atoms with Gasteiger partial charge in [-0.05, 0) is 43.7 Å². The summed E-state index contributed by atoms with van der Waals surface area (Å²) in [7, 11) is 0. The lowest BCUT2D eigenvalue weighted by Gasteiger charge is -2.34. The first-order valence-electron chi connectivity index (χ1n) is 9.60. The number of carbonyl (C=O) groups excluding carboxylic acids is 1. The maximum Gasteiger partial charge on any atom is 0.246 e. The van der Waals surface area contributed by atoms with Gasteiger partial charge in [0.05, 0.1) is 13.2 Å². The van der Waals surface area contributed by atoms with Gasteiger partial charge in [-0.3, -0.25) is 4.79 Å². The Bertz CT molecular complexity index is 803. The van der Waals surface area contributed by atoms with E-state index in [1.807, 2.05) is 43.0 Å². The standard InChI is InChI=1S/C21H26N4O3/c1-3-27-18-8-6-17(16-19(18)28-4-2)7-9-20(26)24-12-14-25(15-13-24)21-22-10-5-11-23-21/h5-11,16H,3-4,12-15H2,1-2H3/b9-7+. The van der Waals surface area contributed by atoms with E-state index in [0.29, 0.717) is 43.8 Å². The summed E-state index contributed by atoms with van der Waals surface area (Å²) in [5.74, 6) is 2.12. The molecular weight excluding hydrogens is 356 g/mol. The van der Waals surface area contributed by atoms with Gasteiger partial charge in [-0.1, -0.05) is 6.07 Å². The van der Waals surface area contributed by atoms with Crippen LogP contribution in [0.25, 0.3) is 6.08 Å². The van der Waals surface area contributed by atoms with E-state index in [9.17, 15) is 4.79 Å². The minimum Gasteiger partial charge on any atom is -0.490 e. The lowest BCUT2D eigenvalue weighted by Crippen LogP contribution is -2.48. The third-order valence-electron chi connectivity index (χ3n) is 4.41. The molecule has 0 spiro atoms. The van der Waals surface area contributed by atoms with Gasteiger partial charge in [0, 0.05) is 44.6 Å². The Morgan fingerprint density at radius 1 is 1.04 bits per heavy atom. The fourth-order valence-corrected chi connectivity index (χ4v) is 3.03. The molecule has 0 saturated carbocycles. The number of ether oxygens (including phenoxy) is 2. The lowest BCUT2D eigenvalue weighted by molar-refractivity contribution is -0.126. The first-order valence-corrected chi connectivity index (χ1v) is 9.60. The minimum absolute atomic E-state index is 0.000439. The zero-order valence-corrected chi connectivity index (χ0v) is 16.4. The summed E-state index contributed by atoms with van der Waals surface area (Å²) in [6, 6.07) is 7.48. The van der Waals surface area contributed by atoms with Gasteiger partial charge < -0.3 is 19.3 Å². The average molecular weight is 382 g/mol. The molecule has 2 aromatic rings. The quantitative estimate of drug-likeness (QED) is 0.686. The van der Waals surface area contributed by atoms with Crippen molar-refractivity contribution < 1.29 is 14.3 Å². The molecule has 1 fully saturated rings. The third-order valence-corrected chi connectivity index (χ3v) is 4.41. The maximum absolute atomic E-state index is 12.5. The highest BCUT2D eigenvalue weighted by molar-refractivity contribution is 5.92. The van der Waals surface area contributed by atoms with E-state index in [0.717, 1.165) is 18.7 Å². The number of amides is 1. The number of rotatable bonds is 7. The van der Waals surface area contributed by atoms with E-state index in [-0.39, 0.29) is 5.91 Å². The summed E-state index contributed by atoms with van der Waals surface area (Å²) in [6.45, 7) is 7.75. The number of nitrogens with zero attached hydrogens (tertiary/aromatic N) is 4. The van der Waals surface area contributed by atoms with E-state index >= 15 is 0 Å². The van der Waals surface area contributed by atoms with Crippen LogP contribution in [0.2, 0.25) is 0 Å². The second-order valence-corrected chi connectivity index (χ2v) is 6.27. The normalized spacial score (nSPS) is 14.4. The molecule has 1 aromatic carbocycles. The highest BCUT2D eigenvalue weighted by Gasteiger charge is 2.21. The largest absolute Gasteiger partial charge is 0.490 e. The number of hydrogen-bond acceptors (Lipinski definition) is 6. The summed E-state index contributed by atoms with van der Waals surface area (Å²) in [6.07, 6.45) is 6.89. The molecule has 0 aliphatic carbocycles. The zero-order valence-electron chi connectivity index (χ0n) is 16.4. The highest BCUT2D eigenvalue weighted by Crippen LogP contribution is 2.29. The molecule has 0 N–H and O–H groups in total. The SMILES string of the molecule is CCOc1ccc(/C=C/C(=O)N2CCN(c3ncccn3)CC2)cc1OCC. The Kier molecular flexibility index (Phi) is 6.84. The number of benzene rings is 1. The summed E-state index contributed by atoms with van der Waals surface area (Å²) >= 11 is 0. The average Bonchev–Trinajstić information content (AvgIpc) is 2.75. The Morgan fingerprint density at radius 2 is 1.71 bits per heavy atom. The summed E-state index contributed by atoms with van der Waals surface area (Å²) in [4.78, 5) is 25.0. The number of piperazine rings is 1. The van der Waals surface area contributed by atoms with Crippen LogP contribution < -0.4 is 14.4 Å². The molecule has 1 aromatic heterocycles. The summed E-state index contributed by atoms with van der Waals surface area (Å²) in [5, 5.41) is 0. The van der Waals surface area contributed by atoms with E-state index in [1.165, 1.54) is 0 Å². The van der Waals surface area contributed by atoms with Crippen molar-refractivity contribution in [1.29, 1.82) is 0 Å². The van der Waals surface area contributed by atoms with Crippen molar-refractivity contribution in [1.82, 2.24) is 14.9 Å². The number of carbonyl (C=O) groups is 1. The minimum atomic E-state index is 0.000439. The molecule has 0 bridgehead atoms. The number of anilines is 1. The number of aromatic nitrogens is 2. The van der Waals surface area contributed by atoms with Crippen molar-refractivity contribution in [2.24, 2.45) is 0 Å². The Labute approximate surface area is 165 Å². The van der Waals surface area contributed by atoms with Crippen LogP contribution in [0.15, 0.2) is 42.7 Å². The van der Waals surface area contributed by atoms with Crippen molar-refractivity contribution in [3.05, 3.63) is 48.3 Å². The van der Waals surface area contributed by atoms with Gasteiger partial charge in [-0.25, -0.2) is 9.97 Å². The van der Waals surface area contributed by atoms with Crippen LogP contribution in [0, 0.1) is 0 Å². The van der Waals surface area contributed by atoms with Crippen LogP contribution in [-0.4, -0.2) is 60.2 Å². The second kappa shape index (κ2) is 9.73. The zero-order chi connectivity index (χ0) is 19.8. The van der Waals surface area contributed by atoms with Crippen LogP contribution in [0.1, 0.15) is 19.4 Å². The molecule has 0 unspecified atom stereocenters. The molecule has 7 nitrogen and oxygen atoms in total. The van der Waals surface area contributed by atoms with Crippen LogP contribution >= 0.6 is 0 Å². The molecule has 1 saturated heterocycles. The predicted molar refractivity (Wildman–Crippen MR) is 109 cm³/mol. The molecule has 148 valence electrons. The molecule has 1 aliphatic heterocycles. The highest BCUT2D eigenvalue weighted by atomic mass is 16.5. The summed E-state index contributed by atoms with van der Waals surface area (Å²) in [5.41, 5.74) is 0.900. The fourth-order valence-electron chi connectivity index (χ4n) is 3.03. The van der Waals surface area contributed by atoms with Gasteiger partial charge >= 0.3 is 0 Å². The monoisotopic (exact) mass is 382 g/mol. The Balaban J connectivity index is 1.59. The van der Waals surface area contributed by atoms with Gasteiger partial charge in [0.1, 0.15) is 0 Å². The van der Waals surface area contributed by atoms with Crippen molar-refractivity contribution in [3.8, 4) is 11.5 Å². The van der Waals surface area contributed by atoms with Crippen LogP contribution in [0.4, 0.5) is 5.95 Å². The van der Waals surface area contributed by atoms with Crippen molar-refractivity contribution in [2.45, 2.75) is 13.8 Å². The van der Waals surface area contributed by atoms with Crippen molar-refractivity contribution >= 4 is 17.9 Å². The van der Waals surface area contributed by atoms with Gasteiger partial charge in [-0.15, -0.1) is 0 Å². The second-order valence-electron chi connectivity index (χ2n) is 6.27. The van der Waals surface area contributed by atoms with Gasteiger partial charge in [0.2, 0.25) is 11.9 Å². The van der Waals surface area contributed by atoms with E-state index in [4.69, 9.17) is 9.47 Å². The first kappa shape index (κ1) is 19.7. The van der Waals surface area contributed by atoms with Crippen LogP contribution in [0.5, 0.6) is 11.5 Å². The molecule has 28 heavy (non-hydrogen) atoms. The molecule has 0 radical (unpaired) electrons. The third kappa shape index (κ3) is 5.00. The molecule has 7 heteroatoms. The van der Waals surface area contributed by atoms with Gasteiger partial charge in [0.15, 0.2) is 11.5 Å². The first-order chi connectivity index (χ1) is 13.7. The molecule has 3 rings (SSSR count). The Hall–Kier alpha value is -3.09. The fraction of sp³-hybridized carbons (Fsp3) is 0.381. The maximum atomic E-state index is 12.5.